The van der Waals surface area contributed by atoms with Gasteiger partial charge < -0.3 is 19.3 Å². The number of hydrogen-bond donors (Lipinski definition) is 1. The highest BCUT2D eigenvalue weighted by Gasteiger charge is 2.28. The Morgan fingerprint density at radius 3 is 2.47 bits per heavy atom. The molecule has 0 radical (unpaired) electrons. The molecular formula is C27H35N3O4. The Hall–Kier alpha value is -2.87. The first-order valence-corrected chi connectivity index (χ1v) is 12.0. The number of ether oxygens (including phenoxy) is 3. The molecule has 0 spiro atoms. The van der Waals surface area contributed by atoms with Crippen molar-refractivity contribution in [2.45, 2.75) is 39.3 Å². The van der Waals surface area contributed by atoms with Gasteiger partial charge in [0, 0.05) is 26.2 Å². The lowest BCUT2D eigenvalue weighted by molar-refractivity contribution is 0.0186. The number of para-hydroxylation sites is 3. The molecule has 1 aliphatic rings. The van der Waals surface area contributed by atoms with Crippen molar-refractivity contribution in [2.75, 3.05) is 33.4 Å². The number of aryl methyl sites for hydroxylation is 1. The summed E-state index contributed by atoms with van der Waals surface area (Å²) in [6.45, 7) is 6.99. The maximum atomic E-state index is 10.6. The largest absolute Gasteiger partial charge is 0.493 e. The predicted octanol–water partition coefficient (Wildman–Crippen LogP) is 4.59. The zero-order chi connectivity index (χ0) is 23.9. The Labute approximate surface area is 201 Å². The molecule has 0 aliphatic heterocycles. The van der Waals surface area contributed by atoms with Gasteiger partial charge in [0.25, 0.3) is 0 Å². The van der Waals surface area contributed by atoms with Crippen LogP contribution in [0.5, 0.6) is 17.4 Å². The van der Waals surface area contributed by atoms with Crippen LogP contribution in [0.3, 0.4) is 0 Å². The lowest BCUT2D eigenvalue weighted by Crippen LogP contribution is -2.36. The van der Waals surface area contributed by atoms with E-state index in [9.17, 15) is 5.11 Å². The van der Waals surface area contributed by atoms with E-state index in [-0.39, 0.29) is 0 Å². The van der Waals surface area contributed by atoms with Crippen LogP contribution in [-0.4, -0.2) is 59.3 Å². The number of aliphatic hydroxyl groups is 1. The van der Waals surface area contributed by atoms with Crippen LogP contribution < -0.4 is 9.47 Å². The van der Waals surface area contributed by atoms with Gasteiger partial charge in [-0.15, -0.1) is 0 Å². The number of methoxy groups -OCH3 is 1. The summed E-state index contributed by atoms with van der Waals surface area (Å²) in [6.07, 6.45) is 1.94. The standard InChI is InChI=1S/C27H35N3O4/c1-4-33-19-23(31)17-29(16-21-14-15-21)18-24-20(2)28-30(22-10-6-5-7-11-22)27(24)34-26-13-9-8-12-25(26)32-3/h5-13,21,23,31H,4,14-19H2,1-3H3/t23-/m0/s1. The fourth-order valence-corrected chi connectivity index (χ4v) is 4.07. The van der Waals surface area contributed by atoms with E-state index in [1.807, 2.05) is 73.1 Å². The number of hydrogen-bond acceptors (Lipinski definition) is 6. The molecule has 1 aromatic heterocycles. The molecule has 2 aromatic carbocycles. The van der Waals surface area contributed by atoms with Crippen LogP contribution in [-0.2, 0) is 11.3 Å². The molecule has 1 fully saturated rings. The van der Waals surface area contributed by atoms with Crippen molar-refractivity contribution in [3.8, 4) is 23.1 Å². The van der Waals surface area contributed by atoms with Crippen molar-refractivity contribution in [1.29, 1.82) is 0 Å². The first-order chi connectivity index (χ1) is 16.6. The van der Waals surface area contributed by atoms with Crippen LogP contribution >= 0.6 is 0 Å². The minimum Gasteiger partial charge on any atom is -0.493 e. The predicted molar refractivity (Wildman–Crippen MR) is 132 cm³/mol. The summed E-state index contributed by atoms with van der Waals surface area (Å²) in [5, 5.41) is 15.4. The third-order valence-corrected chi connectivity index (χ3v) is 5.99. The lowest BCUT2D eigenvalue weighted by atomic mass is 10.2. The highest BCUT2D eigenvalue weighted by Crippen LogP contribution is 2.37. The number of aliphatic hydroxyl groups excluding tert-OH is 1. The van der Waals surface area contributed by atoms with Gasteiger partial charge in [-0.3, -0.25) is 4.90 Å². The third-order valence-electron chi connectivity index (χ3n) is 5.99. The summed E-state index contributed by atoms with van der Waals surface area (Å²) in [4.78, 5) is 2.30. The molecule has 1 N–H and O–H groups in total. The number of benzene rings is 2. The van der Waals surface area contributed by atoms with E-state index in [1.54, 1.807) is 7.11 Å². The maximum absolute atomic E-state index is 10.6. The molecule has 1 atom stereocenters. The zero-order valence-corrected chi connectivity index (χ0v) is 20.3. The van der Waals surface area contributed by atoms with Gasteiger partial charge in [-0.2, -0.15) is 5.10 Å². The van der Waals surface area contributed by atoms with E-state index in [4.69, 9.17) is 19.3 Å². The minimum absolute atomic E-state index is 0.338. The SMILES string of the molecule is CCOC[C@@H](O)CN(Cc1c(C)nn(-c2ccccc2)c1Oc1ccccc1OC)CC1CC1. The normalized spacial score (nSPS) is 14.4. The van der Waals surface area contributed by atoms with Crippen LogP contribution in [0.2, 0.25) is 0 Å². The molecule has 1 heterocycles. The van der Waals surface area contributed by atoms with E-state index in [2.05, 4.69) is 4.90 Å². The van der Waals surface area contributed by atoms with Crippen LogP contribution in [0.4, 0.5) is 0 Å². The topological polar surface area (TPSA) is 69.0 Å². The molecule has 1 aliphatic carbocycles. The molecular weight excluding hydrogens is 430 g/mol. The molecule has 0 amide bonds. The highest BCUT2D eigenvalue weighted by atomic mass is 16.5. The van der Waals surface area contributed by atoms with Crippen LogP contribution in [0.25, 0.3) is 5.69 Å². The average Bonchev–Trinajstić information content (AvgIpc) is 3.62. The Kier molecular flexibility index (Phi) is 8.21. The summed E-state index contributed by atoms with van der Waals surface area (Å²) in [5.74, 6) is 2.64. The number of aromatic nitrogens is 2. The second-order valence-electron chi connectivity index (χ2n) is 8.82. The van der Waals surface area contributed by atoms with Crippen molar-refractivity contribution in [3.63, 3.8) is 0 Å². The molecule has 0 saturated heterocycles. The molecule has 0 unspecified atom stereocenters. The fourth-order valence-electron chi connectivity index (χ4n) is 4.07. The van der Waals surface area contributed by atoms with E-state index in [0.29, 0.717) is 49.6 Å². The molecule has 7 heteroatoms. The van der Waals surface area contributed by atoms with Gasteiger partial charge in [-0.25, -0.2) is 4.68 Å². The van der Waals surface area contributed by atoms with Crippen molar-refractivity contribution < 1.29 is 19.3 Å². The van der Waals surface area contributed by atoms with Crippen molar-refractivity contribution in [2.24, 2.45) is 5.92 Å². The molecule has 0 bridgehead atoms. The van der Waals surface area contributed by atoms with E-state index >= 15 is 0 Å². The van der Waals surface area contributed by atoms with E-state index in [0.717, 1.165) is 23.5 Å². The molecule has 1 saturated carbocycles. The van der Waals surface area contributed by atoms with Crippen molar-refractivity contribution >= 4 is 0 Å². The zero-order valence-electron chi connectivity index (χ0n) is 20.3. The Morgan fingerprint density at radius 1 is 1.09 bits per heavy atom. The van der Waals surface area contributed by atoms with E-state index in [1.165, 1.54) is 12.8 Å². The van der Waals surface area contributed by atoms with E-state index < -0.39 is 6.10 Å². The summed E-state index contributed by atoms with van der Waals surface area (Å²) < 4.78 is 19.3. The van der Waals surface area contributed by atoms with Gasteiger partial charge in [-0.05, 0) is 56.9 Å². The summed E-state index contributed by atoms with van der Waals surface area (Å²) in [7, 11) is 1.64. The minimum atomic E-state index is -0.540. The quantitative estimate of drug-likeness (QED) is 0.398. The average molecular weight is 466 g/mol. The van der Waals surface area contributed by atoms with Gasteiger partial charge in [0.2, 0.25) is 5.88 Å². The smallest absolute Gasteiger partial charge is 0.227 e. The molecule has 4 rings (SSSR count). The van der Waals surface area contributed by atoms with Gasteiger partial charge in [-0.1, -0.05) is 30.3 Å². The molecule has 7 nitrogen and oxygen atoms in total. The van der Waals surface area contributed by atoms with Crippen molar-refractivity contribution in [1.82, 2.24) is 14.7 Å². The van der Waals surface area contributed by atoms with Crippen LogP contribution in [0.15, 0.2) is 54.6 Å². The summed E-state index contributed by atoms with van der Waals surface area (Å²) >= 11 is 0. The summed E-state index contributed by atoms with van der Waals surface area (Å²) in [6, 6.07) is 17.6. The second kappa shape index (κ2) is 11.5. The monoisotopic (exact) mass is 465 g/mol. The second-order valence-corrected chi connectivity index (χ2v) is 8.82. The van der Waals surface area contributed by atoms with Gasteiger partial charge in [0.1, 0.15) is 0 Å². The Morgan fingerprint density at radius 2 is 1.79 bits per heavy atom. The molecule has 182 valence electrons. The molecule has 3 aromatic rings. The van der Waals surface area contributed by atoms with Crippen molar-refractivity contribution in [3.05, 3.63) is 65.9 Å². The van der Waals surface area contributed by atoms with Gasteiger partial charge >= 0.3 is 0 Å². The maximum Gasteiger partial charge on any atom is 0.227 e. The number of rotatable bonds is 13. The first-order valence-electron chi connectivity index (χ1n) is 12.0. The first kappa shape index (κ1) is 24.3. The summed E-state index contributed by atoms with van der Waals surface area (Å²) in [5.41, 5.74) is 2.82. The van der Waals surface area contributed by atoms with Crippen LogP contribution in [0, 0.1) is 12.8 Å². The molecule has 34 heavy (non-hydrogen) atoms. The van der Waals surface area contributed by atoms with Crippen LogP contribution in [0.1, 0.15) is 31.0 Å². The Bertz CT molecular complexity index is 1050. The van der Waals surface area contributed by atoms with Gasteiger partial charge in [0.15, 0.2) is 11.5 Å². The Balaban J connectivity index is 1.68. The number of nitrogens with zero attached hydrogens (tertiary/aromatic N) is 3. The van der Waals surface area contributed by atoms with Gasteiger partial charge in [0.05, 0.1) is 36.8 Å². The lowest BCUT2D eigenvalue weighted by Gasteiger charge is -2.25. The third kappa shape index (κ3) is 6.17. The fraction of sp³-hybridized carbons (Fsp3) is 0.444. The highest BCUT2D eigenvalue weighted by molar-refractivity contribution is 5.47.